The highest BCUT2D eigenvalue weighted by atomic mass is 16.3. The Hall–Kier alpha value is -1.61. The molecule has 0 saturated carbocycles. The molecule has 102 valence electrons. The molecule has 0 heterocycles. The smallest absolute Gasteiger partial charge is 0.223 e. The molecule has 0 saturated heterocycles. The summed E-state index contributed by atoms with van der Waals surface area (Å²) in [5, 5.41) is 12.9. The van der Waals surface area contributed by atoms with Crippen LogP contribution in [-0.2, 0) is 4.79 Å². The maximum Gasteiger partial charge on any atom is 0.223 e. The van der Waals surface area contributed by atoms with Crippen molar-refractivity contribution in [1.82, 2.24) is 5.32 Å². The first kappa shape index (κ1) is 13.8. The molecule has 2 rings (SSSR count). The lowest BCUT2D eigenvalue weighted by Gasteiger charge is -2.19. The Balaban J connectivity index is 1.82. The van der Waals surface area contributed by atoms with Crippen LogP contribution >= 0.6 is 0 Å². The maximum atomic E-state index is 11.9. The molecule has 19 heavy (non-hydrogen) atoms. The van der Waals surface area contributed by atoms with E-state index in [1.807, 2.05) is 31.2 Å². The van der Waals surface area contributed by atoms with E-state index in [1.54, 1.807) is 0 Å². The maximum absolute atomic E-state index is 11.9. The van der Waals surface area contributed by atoms with Crippen LogP contribution in [0.25, 0.3) is 0 Å². The first-order valence-corrected chi connectivity index (χ1v) is 6.84. The summed E-state index contributed by atoms with van der Waals surface area (Å²) in [5.41, 5.74) is 2.00. The number of carbonyl (C=O) groups is 1. The number of aliphatic hydroxyl groups excluding tert-OH is 1. The van der Waals surface area contributed by atoms with Crippen LogP contribution in [-0.4, -0.2) is 17.6 Å². The molecule has 3 heteroatoms. The quantitative estimate of drug-likeness (QED) is 0.816. The highest BCUT2D eigenvalue weighted by molar-refractivity contribution is 5.79. The third-order valence-corrected chi connectivity index (χ3v) is 3.57. The molecule has 2 N–H and O–H groups in total. The lowest BCUT2D eigenvalue weighted by atomic mass is 9.93. The fourth-order valence-corrected chi connectivity index (χ4v) is 2.28. The summed E-state index contributed by atoms with van der Waals surface area (Å²) >= 11 is 0. The van der Waals surface area contributed by atoms with Crippen LogP contribution in [0, 0.1) is 12.8 Å². The number of allylic oxidation sites excluding steroid dienone is 2. The molecule has 1 aromatic rings. The first-order chi connectivity index (χ1) is 9.16. The van der Waals surface area contributed by atoms with Crippen molar-refractivity contribution >= 4 is 5.91 Å². The van der Waals surface area contributed by atoms with E-state index in [0.29, 0.717) is 0 Å². The minimum absolute atomic E-state index is 0.0514. The Bertz CT molecular complexity index is 450. The van der Waals surface area contributed by atoms with Crippen LogP contribution in [0.1, 0.15) is 36.5 Å². The second kappa shape index (κ2) is 6.53. The van der Waals surface area contributed by atoms with Gasteiger partial charge in [-0.25, -0.2) is 0 Å². The van der Waals surface area contributed by atoms with E-state index < -0.39 is 6.10 Å². The van der Waals surface area contributed by atoms with Crippen LogP contribution in [0.5, 0.6) is 0 Å². The summed E-state index contributed by atoms with van der Waals surface area (Å²) in [7, 11) is 0. The SMILES string of the molecule is Cc1ccc([C@@H](O)CNC(=O)[C@@H]2CC=CCC2)cc1. The number of aliphatic hydroxyl groups is 1. The van der Waals surface area contributed by atoms with Crippen molar-refractivity contribution in [3.05, 3.63) is 47.5 Å². The van der Waals surface area contributed by atoms with E-state index in [-0.39, 0.29) is 18.4 Å². The summed E-state index contributed by atoms with van der Waals surface area (Å²) in [5.74, 6) is 0.116. The van der Waals surface area contributed by atoms with Crippen LogP contribution in [0.15, 0.2) is 36.4 Å². The van der Waals surface area contributed by atoms with Crippen molar-refractivity contribution in [2.24, 2.45) is 5.92 Å². The summed E-state index contributed by atoms with van der Waals surface area (Å²) in [6.45, 7) is 2.29. The zero-order valence-corrected chi connectivity index (χ0v) is 11.3. The Morgan fingerprint density at radius 2 is 2.11 bits per heavy atom. The van der Waals surface area contributed by atoms with Crippen molar-refractivity contribution in [3.63, 3.8) is 0 Å². The Morgan fingerprint density at radius 1 is 1.37 bits per heavy atom. The van der Waals surface area contributed by atoms with Gasteiger partial charge in [0.15, 0.2) is 0 Å². The van der Waals surface area contributed by atoms with Gasteiger partial charge in [-0.3, -0.25) is 4.79 Å². The minimum atomic E-state index is -0.635. The van der Waals surface area contributed by atoms with Crippen molar-refractivity contribution < 1.29 is 9.90 Å². The number of amides is 1. The predicted octanol–water partition coefficient (Wildman–Crippen LogP) is 2.50. The third kappa shape index (κ3) is 3.93. The number of rotatable bonds is 4. The molecular formula is C16H21NO2. The van der Waals surface area contributed by atoms with E-state index in [1.165, 1.54) is 0 Å². The molecule has 1 aliphatic carbocycles. The third-order valence-electron chi connectivity index (χ3n) is 3.57. The van der Waals surface area contributed by atoms with Gasteiger partial charge < -0.3 is 10.4 Å². The predicted molar refractivity (Wildman–Crippen MR) is 75.6 cm³/mol. The number of nitrogens with one attached hydrogen (secondary N) is 1. The minimum Gasteiger partial charge on any atom is -0.387 e. The summed E-state index contributed by atoms with van der Waals surface area (Å²) in [6.07, 6.45) is 6.23. The molecule has 0 fully saturated rings. The molecule has 0 spiro atoms. The molecule has 1 amide bonds. The van der Waals surface area contributed by atoms with Crippen LogP contribution in [0.3, 0.4) is 0 Å². The van der Waals surface area contributed by atoms with Crippen LogP contribution in [0.4, 0.5) is 0 Å². The largest absolute Gasteiger partial charge is 0.387 e. The highest BCUT2D eigenvalue weighted by Crippen LogP contribution is 2.18. The molecular weight excluding hydrogens is 238 g/mol. The number of aryl methyl sites for hydroxylation is 1. The van der Waals surface area contributed by atoms with Crippen LogP contribution in [0.2, 0.25) is 0 Å². The normalized spacial score (nSPS) is 20.0. The van der Waals surface area contributed by atoms with Gasteiger partial charge in [0.2, 0.25) is 5.91 Å². The average molecular weight is 259 g/mol. The van der Waals surface area contributed by atoms with E-state index in [0.717, 1.165) is 30.4 Å². The number of carbonyl (C=O) groups excluding carboxylic acids is 1. The van der Waals surface area contributed by atoms with E-state index in [2.05, 4.69) is 17.5 Å². The van der Waals surface area contributed by atoms with Gasteiger partial charge in [-0.2, -0.15) is 0 Å². The van der Waals surface area contributed by atoms with Gasteiger partial charge in [0.1, 0.15) is 0 Å². The van der Waals surface area contributed by atoms with Crippen molar-refractivity contribution in [3.8, 4) is 0 Å². The topological polar surface area (TPSA) is 49.3 Å². The van der Waals surface area contributed by atoms with E-state index >= 15 is 0 Å². The standard InChI is InChI=1S/C16H21NO2/c1-12-7-9-13(10-8-12)15(18)11-17-16(19)14-5-3-2-4-6-14/h2-3,7-10,14-15,18H,4-6,11H2,1H3,(H,17,19)/t14-,15+/m1/s1. The Morgan fingerprint density at radius 3 is 2.74 bits per heavy atom. The first-order valence-electron chi connectivity index (χ1n) is 6.84. The molecule has 0 aromatic heterocycles. The molecule has 0 radical (unpaired) electrons. The molecule has 0 aliphatic heterocycles. The molecule has 3 nitrogen and oxygen atoms in total. The van der Waals surface area contributed by atoms with Crippen LogP contribution < -0.4 is 5.32 Å². The van der Waals surface area contributed by atoms with Crippen molar-refractivity contribution in [2.45, 2.75) is 32.3 Å². The fourth-order valence-electron chi connectivity index (χ4n) is 2.28. The summed E-state index contributed by atoms with van der Waals surface area (Å²) < 4.78 is 0. The summed E-state index contributed by atoms with van der Waals surface area (Å²) in [6, 6.07) is 7.73. The monoisotopic (exact) mass is 259 g/mol. The molecule has 0 unspecified atom stereocenters. The Kier molecular flexibility index (Phi) is 4.74. The van der Waals surface area contributed by atoms with Gasteiger partial charge >= 0.3 is 0 Å². The van der Waals surface area contributed by atoms with Crippen molar-refractivity contribution in [1.29, 1.82) is 0 Å². The van der Waals surface area contributed by atoms with Crippen molar-refractivity contribution in [2.75, 3.05) is 6.54 Å². The Labute approximate surface area is 114 Å². The zero-order chi connectivity index (χ0) is 13.7. The molecule has 1 aliphatic rings. The van der Waals surface area contributed by atoms with Gasteiger partial charge in [-0.1, -0.05) is 42.0 Å². The second-order valence-electron chi connectivity index (χ2n) is 5.15. The zero-order valence-electron chi connectivity index (χ0n) is 11.3. The summed E-state index contributed by atoms with van der Waals surface area (Å²) in [4.78, 5) is 11.9. The van der Waals surface area contributed by atoms with Gasteiger partial charge in [-0.15, -0.1) is 0 Å². The molecule has 2 atom stereocenters. The van der Waals surface area contributed by atoms with E-state index in [4.69, 9.17) is 0 Å². The lowest BCUT2D eigenvalue weighted by molar-refractivity contribution is -0.125. The number of hydrogen-bond donors (Lipinski definition) is 2. The van der Waals surface area contributed by atoms with Gasteiger partial charge in [-0.05, 0) is 31.7 Å². The lowest BCUT2D eigenvalue weighted by Crippen LogP contribution is -2.34. The molecule has 0 bridgehead atoms. The number of hydrogen-bond acceptors (Lipinski definition) is 2. The van der Waals surface area contributed by atoms with E-state index in [9.17, 15) is 9.90 Å². The number of benzene rings is 1. The second-order valence-corrected chi connectivity index (χ2v) is 5.15. The van der Waals surface area contributed by atoms with Gasteiger partial charge in [0.25, 0.3) is 0 Å². The van der Waals surface area contributed by atoms with Gasteiger partial charge in [0.05, 0.1) is 6.10 Å². The van der Waals surface area contributed by atoms with Gasteiger partial charge in [0, 0.05) is 12.5 Å². The average Bonchev–Trinajstić information content (AvgIpc) is 2.46. The fraction of sp³-hybridized carbons (Fsp3) is 0.438. The highest BCUT2D eigenvalue weighted by Gasteiger charge is 2.19. The molecule has 1 aromatic carbocycles.